The maximum Gasteiger partial charge on any atom is 0.312 e. The summed E-state index contributed by atoms with van der Waals surface area (Å²) >= 11 is 1.44. The number of piperidine rings is 1. The third-order valence-electron chi connectivity index (χ3n) is 3.19. The molecule has 0 aliphatic carbocycles. The molecule has 0 unspecified atom stereocenters. The Balaban J connectivity index is 2.00. The van der Waals surface area contributed by atoms with E-state index >= 15 is 0 Å². The van der Waals surface area contributed by atoms with Crippen molar-refractivity contribution in [3.8, 4) is 0 Å². The van der Waals surface area contributed by atoms with Gasteiger partial charge in [-0.05, 0) is 28.8 Å². The number of carbonyl (C=O) groups excluding carboxylic acids is 1. The predicted molar refractivity (Wildman–Crippen MR) is 65.3 cm³/mol. The first-order valence-electron chi connectivity index (χ1n) is 5.79. The van der Waals surface area contributed by atoms with Crippen LogP contribution in [-0.4, -0.2) is 40.9 Å². The molecule has 1 amide bonds. The SMILES string of the molecule is O=C(O)[C@@H]1CCN(C(=O)Cc2ccsc2)CC1(F)F. The molecule has 0 saturated carbocycles. The Morgan fingerprint density at radius 3 is 2.79 bits per heavy atom. The van der Waals surface area contributed by atoms with E-state index in [1.54, 1.807) is 11.4 Å². The first-order chi connectivity index (χ1) is 8.90. The Labute approximate surface area is 112 Å². The molecule has 1 aliphatic heterocycles. The summed E-state index contributed by atoms with van der Waals surface area (Å²) in [4.78, 5) is 23.7. The van der Waals surface area contributed by atoms with Crippen LogP contribution in [0.25, 0.3) is 0 Å². The minimum Gasteiger partial charge on any atom is -0.481 e. The molecule has 0 spiro atoms. The van der Waals surface area contributed by atoms with Gasteiger partial charge < -0.3 is 10.0 Å². The number of hydrogen-bond donors (Lipinski definition) is 1. The molecule has 104 valence electrons. The number of alkyl halides is 2. The number of thiophene rings is 1. The second kappa shape index (κ2) is 5.24. The highest BCUT2D eigenvalue weighted by molar-refractivity contribution is 7.07. The minimum atomic E-state index is -3.37. The second-order valence-electron chi connectivity index (χ2n) is 4.56. The van der Waals surface area contributed by atoms with E-state index in [2.05, 4.69) is 0 Å². The van der Waals surface area contributed by atoms with E-state index in [0.29, 0.717) is 0 Å². The van der Waals surface area contributed by atoms with Gasteiger partial charge in [0.2, 0.25) is 5.91 Å². The van der Waals surface area contributed by atoms with Gasteiger partial charge in [-0.1, -0.05) is 0 Å². The zero-order chi connectivity index (χ0) is 14.0. The third-order valence-corrected chi connectivity index (χ3v) is 3.92. The van der Waals surface area contributed by atoms with Gasteiger partial charge in [-0.2, -0.15) is 11.3 Å². The van der Waals surface area contributed by atoms with Crippen molar-refractivity contribution >= 4 is 23.2 Å². The van der Waals surface area contributed by atoms with Crippen molar-refractivity contribution in [1.82, 2.24) is 4.90 Å². The van der Waals surface area contributed by atoms with Gasteiger partial charge in [-0.25, -0.2) is 8.78 Å². The van der Waals surface area contributed by atoms with Crippen molar-refractivity contribution < 1.29 is 23.5 Å². The van der Waals surface area contributed by atoms with Crippen molar-refractivity contribution in [2.75, 3.05) is 13.1 Å². The van der Waals surface area contributed by atoms with E-state index in [1.165, 1.54) is 11.3 Å². The summed E-state index contributed by atoms with van der Waals surface area (Å²) in [5.74, 6) is -6.96. The van der Waals surface area contributed by atoms with E-state index in [-0.39, 0.29) is 25.3 Å². The van der Waals surface area contributed by atoms with Crippen molar-refractivity contribution in [2.24, 2.45) is 5.92 Å². The number of hydrogen-bond acceptors (Lipinski definition) is 3. The third kappa shape index (κ3) is 3.09. The van der Waals surface area contributed by atoms with Gasteiger partial charge in [-0.15, -0.1) is 0 Å². The summed E-state index contributed by atoms with van der Waals surface area (Å²) in [6.07, 6.45) is -0.130. The number of aliphatic carboxylic acids is 1. The van der Waals surface area contributed by atoms with Crippen molar-refractivity contribution in [1.29, 1.82) is 0 Å². The van der Waals surface area contributed by atoms with Crippen LogP contribution in [0.4, 0.5) is 8.78 Å². The Morgan fingerprint density at radius 2 is 2.26 bits per heavy atom. The van der Waals surface area contributed by atoms with Gasteiger partial charge in [0.15, 0.2) is 0 Å². The lowest BCUT2D eigenvalue weighted by atomic mass is 9.92. The monoisotopic (exact) mass is 289 g/mol. The predicted octanol–water partition coefficient (Wildman–Crippen LogP) is 1.86. The fraction of sp³-hybridized carbons (Fsp3) is 0.500. The average Bonchev–Trinajstić information content (AvgIpc) is 2.79. The maximum absolute atomic E-state index is 13.6. The number of likely N-dealkylation sites (tertiary alicyclic amines) is 1. The summed E-state index contributed by atoms with van der Waals surface area (Å²) in [6, 6.07) is 1.77. The summed E-state index contributed by atoms with van der Waals surface area (Å²) < 4.78 is 27.3. The minimum absolute atomic E-state index is 0.0650. The van der Waals surface area contributed by atoms with Crippen LogP contribution in [0.2, 0.25) is 0 Å². The normalized spacial score (nSPS) is 22.2. The molecule has 1 aromatic rings. The van der Waals surface area contributed by atoms with Gasteiger partial charge in [0.1, 0.15) is 5.92 Å². The number of carboxylic acid groups (broad SMARTS) is 1. The number of amides is 1. The van der Waals surface area contributed by atoms with Crippen molar-refractivity contribution in [3.05, 3.63) is 22.4 Å². The Hall–Kier alpha value is -1.50. The van der Waals surface area contributed by atoms with E-state index < -0.39 is 24.4 Å². The standard InChI is InChI=1S/C12H13F2NO3S/c13-12(14)7-15(3-1-9(12)11(17)18)10(16)5-8-2-4-19-6-8/h2,4,6,9H,1,3,5,7H2,(H,17,18)/t9-/m0/s1. The number of halogens is 2. The lowest BCUT2D eigenvalue weighted by Gasteiger charge is -2.36. The van der Waals surface area contributed by atoms with Crippen molar-refractivity contribution in [2.45, 2.75) is 18.8 Å². The molecule has 1 atom stereocenters. The van der Waals surface area contributed by atoms with E-state index in [9.17, 15) is 18.4 Å². The molecule has 0 bridgehead atoms. The molecule has 19 heavy (non-hydrogen) atoms. The number of nitrogens with zero attached hydrogens (tertiary/aromatic N) is 1. The molecule has 7 heteroatoms. The van der Waals surface area contributed by atoms with Gasteiger partial charge in [0.25, 0.3) is 5.92 Å². The molecule has 2 rings (SSSR count). The lowest BCUT2D eigenvalue weighted by Crippen LogP contribution is -2.53. The first kappa shape index (κ1) is 13.9. The topological polar surface area (TPSA) is 57.6 Å². The summed E-state index contributed by atoms with van der Waals surface area (Å²) in [5, 5.41) is 12.3. The van der Waals surface area contributed by atoms with Crippen LogP contribution < -0.4 is 0 Å². The molecule has 1 aromatic heterocycles. The van der Waals surface area contributed by atoms with E-state index in [0.717, 1.165) is 10.5 Å². The fourth-order valence-electron chi connectivity index (χ4n) is 2.14. The Bertz CT molecular complexity index is 475. The summed E-state index contributed by atoms with van der Waals surface area (Å²) in [6.45, 7) is -0.748. The van der Waals surface area contributed by atoms with Crippen LogP contribution in [0, 0.1) is 5.92 Å². The lowest BCUT2D eigenvalue weighted by molar-refractivity contribution is -0.171. The number of rotatable bonds is 3. The zero-order valence-electron chi connectivity index (χ0n) is 10.0. The largest absolute Gasteiger partial charge is 0.481 e. The molecule has 1 N–H and O–H groups in total. The zero-order valence-corrected chi connectivity index (χ0v) is 10.8. The Morgan fingerprint density at radius 1 is 1.53 bits per heavy atom. The van der Waals surface area contributed by atoms with Gasteiger partial charge in [0.05, 0.1) is 13.0 Å². The molecular formula is C12H13F2NO3S. The first-order valence-corrected chi connectivity index (χ1v) is 6.74. The molecule has 4 nitrogen and oxygen atoms in total. The van der Waals surface area contributed by atoms with Gasteiger partial charge in [-0.3, -0.25) is 9.59 Å². The average molecular weight is 289 g/mol. The van der Waals surface area contributed by atoms with E-state index in [4.69, 9.17) is 5.11 Å². The van der Waals surface area contributed by atoms with Crippen molar-refractivity contribution in [3.63, 3.8) is 0 Å². The maximum atomic E-state index is 13.6. The van der Waals surface area contributed by atoms with E-state index in [1.807, 2.05) is 5.38 Å². The molecule has 0 aromatic carbocycles. The molecule has 2 heterocycles. The van der Waals surface area contributed by atoms with Crippen LogP contribution in [-0.2, 0) is 16.0 Å². The second-order valence-corrected chi connectivity index (χ2v) is 5.34. The smallest absolute Gasteiger partial charge is 0.312 e. The van der Waals surface area contributed by atoms with Crippen LogP contribution >= 0.6 is 11.3 Å². The molecule has 1 saturated heterocycles. The highest BCUT2D eigenvalue weighted by Crippen LogP contribution is 2.33. The quantitative estimate of drug-likeness (QED) is 0.924. The molecule has 1 fully saturated rings. The molecular weight excluding hydrogens is 276 g/mol. The molecule has 1 aliphatic rings. The summed E-state index contributed by atoms with van der Waals surface area (Å²) in [7, 11) is 0. The van der Waals surface area contributed by atoms with Crippen LogP contribution in [0.5, 0.6) is 0 Å². The van der Waals surface area contributed by atoms with Gasteiger partial charge in [0, 0.05) is 6.54 Å². The number of carbonyl (C=O) groups is 2. The van der Waals surface area contributed by atoms with Gasteiger partial charge >= 0.3 is 5.97 Å². The fourth-order valence-corrected chi connectivity index (χ4v) is 2.81. The van der Waals surface area contributed by atoms with Crippen LogP contribution in [0.1, 0.15) is 12.0 Å². The highest BCUT2D eigenvalue weighted by atomic mass is 32.1. The Kier molecular flexibility index (Phi) is 3.84. The molecule has 0 radical (unpaired) electrons. The summed E-state index contributed by atoms with van der Waals surface area (Å²) in [5.41, 5.74) is 0.790. The highest BCUT2D eigenvalue weighted by Gasteiger charge is 2.49. The number of carboxylic acids is 1. The van der Waals surface area contributed by atoms with Crippen LogP contribution in [0.15, 0.2) is 16.8 Å². The van der Waals surface area contributed by atoms with Crippen LogP contribution in [0.3, 0.4) is 0 Å².